The number of ether oxygens (including phenoxy) is 1. The summed E-state index contributed by atoms with van der Waals surface area (Å²) in [4.78, 5) is 22.2. The minimum absolute atomic E-state index is 0.121. The minimum Gasteiger partial charge on any atom is -0.507 e. The first-order valence-electron chi connectivity index (χ1n) is 5.71. The number of carbonyl (C=O) groups excluding carboxylic acids is 1. The number of hydrogen-bond acceptors (Lipinski definition) is 4. The Kier molecular flexibility index (Phi) is 4.37. The van der Waals surface area contributed by atoms with E-state index in [0.717, 1.165) is 0 Å². The summed E-state index contributed by atoms with van der Waals surface area (Å²) in [7, 11) is 0. The van der Waals surface area contributed by atoms with Gasteiger partial charge in [-0.2, -0.15) is 0 Å². The molecule has 0 radical (unpaired) electrons. The molecule has 0 fully saturated rings. The van der Waals surface area contributed by atoms with E-state index in [-0.39, 0.29) is 17.9 Å². The molecule has 0 unspecified atom stereocenters. The zero-order valence-electron chi connectivity index (χ0n) is 11.1. The Bertz CT molecular complexity index is 490. The zero-order chi connectivity index (χ0) is 14.6. The van der Waals surface area contributed by atoms with Crippen molar-refractivity contribution >= 4 is 12.1 Å². The van der Waals surface area contributed by atoms with Crippen molar-refractivity contribution in [2.45, 2.75) is 32.9 Å². The molecule has 6 nitrogen and oxygen atoms in total. The SMILES string of the molecule is CC(C)(C)OC(=O)NCc1ccc(O)c(C(=O)O)c1. The summed E-state index contributed by atoms with van der Waals surface area (Å²) in [5.74, 6) is -1.54. The lowest BCUT2D eigenvalue weighted by Gasteiger charge is -2.19. The molecule has 0 atom stereocenters. The number of carboxylic acids is 1. The molecule has 0 heterocycles. The van der Waals surface area contributed by atoms with Gasteiger partial charge in [0.25, 0.3) is 0 Å². The van der Waals surface area contributed by atoms with E-state index in [1.807, 2.05) is 0 Å². The maximum atomic E-state index is 11.4. The molecule has 0 aliphatic rings. The van der Waals surface area contributed by atoms with Crippen LogP contribution < -0.4 is 5.32 Å². The van der Waals surface area contributed by atoms with Crippen molar-refractivity contribution in [1.82, 2.24) is 5.32 Å². The van der Waals surface area contributed by atoms with E-state index in [1.165, 1.54) is 18.2 Å². The molecule has 104 valence electrons. The minimum atomic E-state index is -1.23. The fraction of sp³-hybridized carbons (Fsp3) is 0.385. The van der Waals surface area contributed by atoms with Crippen LogP contribution in [0.4, 0.5) is 4.79 Å². The van der Waals surface area contributed by atoms with Crippen molar-refractivity contribution in [2.24, 2.45) is 0 Å². The number of amides is 1. The van der Waals surface area contributed by atoms with Crippen LogP contribution in [0.2, 0.25) is 0 Å². The molecule has 1 amide bonds. The first kappa shape index (κ1) is 14.8. The highest BCUT2D eigenvalue weighted by atomic mass is 16.6. The molecule has 1 aromatic rings. The lowest BCUT2D eigenvalue weighted by Crippen LogP contribution is -2.32. The molecule has 1 aromatic carbocycles. The van der Waals surface area contributed by atoms with Gasteiger partial charge in [0.1, 0.15) is 16.9 Å². The predicted molar refractivity (Wildman–Crippen MR) is 68.1 cm³/mol. The second-order valence-corrected chi connectivity index (χ2v) is 5.01. The fourth-order valence-corrected chi connectivity index (χ4v) is 1.35. The Hall–Kier alpha value is -2.24. The van der Waals surface area contributed by atoms with Gasteiger partial charge in [0.15, 0.2) is 0 Å². The second kappa shape index (κ2) is 5.60. The van der Waals surface area contributed by atoms with Crippen molar-refractivity contribution in [3.63, 3.8) is 0 Å². The number of carboxylic acid groups (broad SMARTS) is 1. The number of nitrogens with one attached hydrogen (secondary N) is 1. The van der Waals surface area contributed by atoms with Gasteiger partial charge in [-0.3, -0.25) is 0 Å². The average molecular weight is 267 g/mol. The molecule has 0 saturated heterocycles. The van der Waals surface area contributed by atoms with Gasteiger partial charge in [0, 0.05) is 6.54 Å². The zero-order valence-corrected chi connectivity index (χ0v) is 11.1. The van der Waals surface area contributed by atoms with E-state index in [9.17, 15) is 14.7 Å². The van der Waals surface area contributed by atoms with Crippen molar-refractivity contribution in [3.8, 4) is 5.75 Å². The van der Waals surface area contributed by atoms with Crippen LogP contribution in [-0.4, -0.2) is 27.9 Å². The Morgan fingerprint density at radius 3 is 2.47 bits per heavy atom. The van der Waals surface area contributed by atoms with Crippen LogP contribution in [0.25, 0.3) is 0 Å². The van der Waals surface area contributed by atoms with Crippen LogP contribution >= 0.6 is 0 Å². The first-order chi connectivity index (χ1) is 8.69. The normalized spacial score (nSPS) is 10.9. The van der Waals surface area contributed by atoms with Crippen LogP contribution in [-0.2, 0) is 11.3 Å². The molecule has 0 aromatic heterocycles. The highest BCUT2D eigenvalue weighted by Crippen LogP contribution is 2.18. The van der Waals surface area contributed by atoms with Gasteiger partial charge in [0.05, 0.1) is 0 Å². The Balaban J connectivity index is 2.66. The van der Waals surface area contributed by atoms with Gasteiger partial charge < -0.3 is 20.3 Å². The van der Waals surface area contributed by atoms with E-state index in [2.05, 4.69) is 5.32 Å². The quantitative estimate of drug-likeness (QED) is 0.779. The van der Waals surface area contributed by atoms with Crippen LogP contribution in [0.5, 0.6) is 5.75 Å². The van der Waals surface area contributed by atoms with Crippen molar-refractivity contribution in [3.05, 3.63) is 29.3 Å². The molecule has 0 spiro atoms. The molecule has 0 aliphatic heterocycles. The van der Waals surface area contributed by atoms with Gasteiger partial charge in [-0.05, 0) is 38.5 Å². The van der Waals surface area contributed by atoms with Gasteiger partial charge in [-0.15, -0.1) is 0 Å². The highest BCUT2D eigenvalue weighted by molar-refractivity contribution is 5.90. The van der Waals surface area contributed by atoms with Crippen molar-refractivity contribution in [2.75, 3.05) is 0 Å². The molecule has 0 aliphatic carbocycles. The summed E-state index contributed by atoms with van der Waals surface area (Å²) >= 11 is 0. The van der Waals surface area contributed by atoms with E-state index < -0.39 is 17.7 Å². The smallest absolute Gasteiger partial charge is 0.407 e. The summed E-state index contributed by atoms with van der Waals surface area (Å²) in [6.45, 7) is 5.36. The van der Waals surface area contributed by atoms with E-state index in [1.54, 1.807) is 20.8 Å². The van der Waals surface area contributed by atoms with E-state index in [0.29, 0.717) is 5.56 Å². The molecule has 0 bridgehead atoms. The van der Waals surface area contributed by atoms with Gasteiger partial charge >= 0.3 is 12.1 Å². The van der Waals surface area contributed by atoms with Crippen molar-refractivity contribution in [1.29, 1.82) is 0 Å². The first-order valence-corrected chi connectivity index (χ1v) is 5.71. The maximum Gasteiger partial charge on any atom is 0.407 e. The number of rotatable bonds is 3. The summed E-state index contributed by atoms with van der Waals surface area (Å²) < 4.78 is 5.05. The van der Waals surface area contributed by atoms with Crippen molar-refractivity contribution < 1.29 is 24.5 Å². The van der Waals surface area contributed by atoms with Crippen LogP contribution in [0.3, 0.4) is 0 Å². The number of hydrogen-bond donors (Lipinski definition) is 3. The predicted octanol–water partition coefficient (Wildman–Crippen LogP) is 2.12. The standard InChI is InChI=1S/C13H17NO5/c1-13(2,3)19-12(18)14-7-8-4-5-10(15)9(6-8)11(16)17/h4-6,15H,7H2,1-3H3,(H,14,18)(H,16,17). The number of phenols is 1. The third-order valence-corrected chi connectivity index (χ3v) is 2.13. The third kappa shape index (κ3) is 4.87. The topological polar surface area (TPSA) is 95.9 Å². The van der Waals surface area contributed by atoms with E-state index >= 15 is 0 Å². The summed E-state index contributed by atoms with van der Waals surface area (Å²) in [5.41, 5.74) is -0.241. The lowest BCUT2D eigenvalue weighted by atomic mass is 10.1. The number of alkyl carbamates (subject to hydrolysis) is 1. The second-order valence-electron chi connectivity index (χ2n) is 5.01. The fourth-order valence-electron chi connectivity index (χ4n) is 1.35. The number of aromatic hydroxyl groups is 1. The molecule has 1 rings (SSSR count). The Morgan fingerprint density at radius 1 is 1.32 bits per heavy atom. The number of benzene rings is 1. The van der Waals surface area contributed by atoms with E-state index in [4.69, 9.17) is 9.84 Å². The number of carbonyl (C=O) groups is 2. The molecule has 6 heteroatoms. The summed E-state index contributed by atoms with van der Waals surface area (Å²) in [6.07, 6.45) is -0.586. The van der Waals surface area contributed by atoms with Gasteiger partial charge in [-0.1, -0.05) is 6.07 Å². The lowest BCUT2D eigenvalue weighted by molar-refractivity contribution is 0.0523. The molecule has 3 N–H and O–H groups in total. The largest absolute Gasteiger partial charge is 0.507 e. The van der Waals surface area contributed by atoms with Gasteiger partial charge in [0.2, 0.25) is 0 Å². The molecular weight excluding hydrogens is 250 g/mol. The monoisotopic (exact) mass is 267 g/mol. The van der Waals surface area contributed by atoms with Crippen LogP contribution in [0.15, 0.2) is 18.2 Å². The van der Waals surface area contributed by atoms with Crippen LogP contribution in [0, 0.1) is 0 Å². The average Bonchev–Trinajstić information content (AvgIpc) is 2.25. The summed E-state index contributed by atoms with van der Waals surface area (Å²) in [6, 6.07) is 4.10. The maximum absolute atomic E-state index is 11.4. The molecular formula is C13H17NO5. The highest BCUT2D eigenvalue weighted by Gasteiger charge is 2.16. The third-order valence-electron chi connectivity index (χ3n) is 2.13. The van der Waals surface area contributed by atoms with Gasteiger partial charge in [-0.25, -0.2) is 9.59 Å². The Morgan fingerprint density at radius 2 is 1.95 bits per heavy atom. The number of aromatic carboxylic acids is 1. The Labute approximate surface area is 111 Å². The van der Waals surface area contributed by atoms with Crippen LogP contribution in [0.1, 0.15) is 36.7 Å². The molecule has 19 heavy (non-hydrogen) atoms. The molecule has 0 saturated carbocycles. The summed E-state index contributed by atoms with van der Waals surface area (Å²) in [5, 5.41) is 20.7.